The number of aliphatic hydroxyl groups is 1. The van der Waals surface area contributed by atoms with Crippen molar-refractivity contribution in [3.63, 3.8) is 0 Å². The van der Waals surface area contributed by atoms with E-state index in [0.717, 1.165) is 5.75 Å². The van der Waals surface area contributed by atoms with Crippen LogP contribution in [0.5, 0.6) is 0 Å². The van der Waals surface area contributed by atoms with Gasteiger partial charge in [0.25, 0.3) is 0 Å². The maximum absolute atomic E-state index is 11.1. The monoisotopic (exact) mass is 668 g/mol. The van der Waals surface area contributed by atoms with Crippen LogP contribution in [0.15, 0.2) is 12.5 Å². The molecule has 0 saturated heterocycles. The van der Waals surface area contributed by atoms with E-state index in [1.165, 1.54) is 20.2 Å². The molecule has 0 bridgehead atoms. The van der Waals surface area contributed by atoms with Crippen molar-refractivity contribution in [1.29, 1.82) is 5.41 Å². The van der Waals surface area contributed by atoms with Crippen LogP contribution in [0.3, 0.4) is 0 Å². The molecule has 0 unspecified atom stereocenters. The lowest BCUT2D eigenvalue weighted by molar-refractivity contribution is -0.161. The van der Waals surface area contributed by atoms with Gasteiger partial charge in [-0.3, -0.25) is 19.8 Å². The van der Waals surface area contributed by atoms with Gasteiger partial charge in [-0.25, -0.2) is 14.6 Å². The molecule has 1 rings (SSSR count). The molecule has 1 heterocycles. The van der Waals surface area contributed by atoms with Crippen molar-refractivity contribution in [3.8, 4) is 0 Å². The average molecular weight is 669 g/mol. The number of nitrogens with two attached hydrogens (primary N) is 6. The van der Waals surface area contributed by atoms with Gasteiger partial charge < -0.3 is 69.9 Å². The zero-order valence-electron chi connectivity index (χ0n) is 25.4. The van der Waals surface area contributed by atoms with Gasteiger partial charge >= 0.3 is 29.8 Å². The third-order valence-electron chi connectivity index (χ3n) is 4.94. The minimum absolute atomic E-state index is 0.112. The molecule has 260 valence electrons. The van der Waals surface area contributed by atoms with E-state index >= 15 is 0 Å². The number of aromatic nitrogens is 2. The Labute approximate surface area is 264 Å². The summed E-state index contributed by atoms with van der Waals surface area (Å²) in [4.78, 5) is 58.9. The van der Waals surface area contributed by atoms with Crippen LogP contribution in [0.4, 0.5) is 0 Å². The number of hydrogen-bond donors (Lipinski definition) is 13. The Balaban J connectivity index is -0.000000531. The molecule has 0 aliphatic heterocycles. The number of aliphatic carboxylic acids is 3. The van der Waals surface area contributed by atoms with Crippen LogP contribution >= 0.6 is 11.8 Å². The van der Waals surface area contributed by atoms with Gasteiger partial charge in [0, 0.05) is 19.2 Å². The molecule has 21 heteroatoms. The summed E-state index contributed by atoms with van der Waals surface area (Å²) in [6, 6.07) is -4.39. The van der Waals surface area contributed by atoms with Gasteiger partial charge in [-0.05, 0) is 45.1 Å². The van der Waals surface area contributed by atoms with Crippen LogP contribution < -0.4 is 39.7 Å². The summed E-state index contributed by atoms with van der Waals surface area (Å²) in [6.07, 6.45) is 5.78. The lowest BCUT2D eigenvalue weighted by atomic mass is 10.2. The number of nitrogens with zero attached hydrogens (tertiary/aromatic N) is 1. The van der Waals surface area contributed by atoms with Crippen molar-refractivity contribution in [3.05, 3.63) is 18.2 Å². The van der Waals surface area contributed by atoms with Crippen molar-refractivity contribution in [2.24, 2.45) is 34.4 Å². The van der Waals surface area contributed by atoms with Gasteiger partial charge in [-0.2, -0.15) is 11.8 Å². The van der Waals surface area contributed by atoms with Gasteiger partial charge in [0.2, 0.25) is 0 Å². The molecule has 0 aliphatic rings. The number of carboxylic acid groups (broad SMARTS) is 3. The minimum Gasteiger partial charge on any atom is -0.480 e. The van der Waals surface area contributed by atoms with Crippen molar-refractivity contribution in [2.75, 3.05) is 18.6 Å². The van der Waals surface area contributed by atoms with Crippen LogP contribution in [0.2, 0.25) is 0 Å². The van der Waals surface area contributed by atoms with E-state index in [2.05, 4.69) is 20.0 Å². The number of imidazole rings is 1. The maximum atomic E-state index is 11.1. The third-order valence-corrected chi connectivity index (χ3v) is 5.58. The standard InChI is InChI=1S/C8H16N2O3S.C6H14N4O2.C6H9N3O2.C4H9NO3/c1-5(9)7(11)13-8(12)6(10)3-4-14-2;7-4(5(11)12)2-1-3-10-6(8)9;7-5(6(10)11)1-4-2-8-3-9-4;1-2(6)3(5)4(7)8/h5-6H,3-4,9-10H2,1-2H3;4H,1-3,7H2,(H,11,12)(H4,8,9,10);2-3,5H,1,7H2,(H,8,9)(H,10,11);2-3,6H,5H2,1H3,(H,7,8)/t5-,6-;4-;5-;2-,3+/m0001/s1. The molecular formula is C24H48N10O10S. The first kappa shape index (κ1) is 45.6. The molecular weight excluding hydrogens is 620 g/mol. The number of hydrogen-bond acceptors (Lipinski definition) is 15. The fourth-order valence-electron chi connectivity index (χ4n) is 2.22. The number of rotatable bonds is 15. The van der Waals surface area contributed by atoms with E-state index in [9.17, 15) is 24.0 Å². The number of esters is 2. The Kier molecular flexibility index (Phi) is 26.9. The largest absolute Gasteiger partial charge is 0.480 e. The fourth-order valence-corrected chi connectivity index (χ4v) is 2.71. The molecule has 0 radical (unpaired) electrons. The second-order valence-electron chi connectivity index (χ2n) is 9.16. The molecule has 6 atom stereocenters. The van der Waals surface area contributed by atoms with Gasteiger partial charge in [0.05, 0.1) is 18.1 Å². The number of aliphatic hydroxyl groups excluding tert-OH is 1. The molecule has 0 aromatic carbocycles. The van der Waals surface area contributed by atoms with E-state index in [1.54, 1.807) is 18.0 Å². The van der Waals surface area contributed by atoms with Crippen LogP contribution in [0.25, 0.3) is 0 Å². The molecule has 19 N–H and O–H groups in total. The van der Waals surface area contributed by atoms with E-state index in [1.807, 2.05) is 6.26 Å². The number of ether oxygens (including phenoxy) is 1. The summed E-state index contributed by atoms with van der Waals surface area (Å²) in [5.41, 5.74) is 31.7. The summed E-state index contributed by atoms with van der Waals surface area (Å²) in [5, 5.41) is 42.7. The lowest BCUT2D eigenvalue weighted by Crippen LogP contribution is -2.39. The highest BCUT2D eigenvalue weighted by Gasteiger charge is 2.20. The zero-order valence-corrected chi connectivity index (χ0v) is 26.2. The minimum atomic E-state index is -1.18. The molecule has 0 saturated carbocycles. The Morgan fingerprint density at radius 3 is 1.87 bits per heavy atom. The molecule has 45 heavy (non-hydrogen) atoms. The normalized spacial score (nSPS) is 14.0. The van der Waals surface area contributed by atoms with E-state index < -0.39 is 66.2 Å². The highest BCUT2D eigenvalue weighted by Crippen LogP contribution is 2.01. The molecule has 0 amide bonds. The Morgan fingerprint density at radius 1 is 0.956 bits per heavy atom. The smallest absolute Gasteiger partial charge is 0.330 e. The molecule has 0 aliphatic carbocycles. The number of H-pyrrole nitrogens is 1. The SMILES string of the molecule is CSCC[C@H](N)C(=O)OC(=O)[C@H](C)N.C[C@@H](O)[C@H](N)C(=O)O.N=C(N)NCCC[C@H](N)C(=O)O.N[C@@H](Cc1c[nH]cn1)C(=O)O. The van der Waals surface area contributed by atoms with Crippen LogP contribution in [0.1, 0.15) is 38.8 Å². The highest BCUT2D eigenvalue weighted by molar-refractivity contribution is 7.98. The highest BCUT2D eigenvalue weighted by atomic mass is 32.2. The summed E-state index contributed by atoms with van der Waals surface area (Å²) >= 11 is 1.58. The number of nitrogens with one attached hydrogen (secondary N) is 3. The van der Waals surface area contributed by atoms with E-state index in [-0.39, 0.29) is 12.4 Å². The third kappa shape index (κ3) is 27.4. The number of carbonyl (C=O) groups is 5. The first-order valence-corrected chi connectivity index (χ1v) is 14.6. The second-order valence-corrected chi connectivity index (χ2v) is 10.1. The van der Waals surface area contributed by atoms with Gasteiger partial charge in [0.1, 0.15) is 30.2 Å². The topological polar surface area (TPSA) is 396 Å². The number of carboxylic acids is 3. The summed E-state index contributed by atoms with van der Waals surface area (Å²) in [7, 11) is 0. The summed E-state index contributed by atoms with van der Waals surface area (Å²) in [6.45, 7) is 3.26. The van der Waals surface area contributed by atoms with Gasteiger partial charge in [-0.15, -0.1) is 0 Å². The number of aromatic amines is 1. The zero-order chi connectivity index (χ0) is 35.7. The van der Waals surface area contributed by atoms with Gasteiger partial charge in [0.15, 0.2) is 5.96 Å². The fraction of sp³-hybridized carbons (Fsp3) is 0.625. The van der Waals surface area contributed by atoms with Crippen molar-refractivity contribution in [1.82, 2.24) is 15.3 Å². The van der Waals surface area contributed by atoms with E-state index in [4.69, 9.17) is 60.2 Å². The summed E-state index contributed by atoms with van der Waals surface area (Å²) in [5.74, 6) is -4.00. The number of carbonyl (C=O) groups excluding carboxylic acids is 2. The molecule has 0 spiro atoms. The van der Waals surface area contributed by atoms with Crippen molar-refractivity contribution in [2.45, 2.75) is 75.8 Å². The molecule has 1 aromatic rings. The predicted octanol–water partition coefficient (Wildman–Crippen LogP) is -3.71. The van der Waals surface area contributed by atoms with Crippen LogP contribution in [0, 0.1) is 5.41 Å². The van der Waals surface area contributed by atoms with Crippen molar-refractivity contribution >= 4 is 47.6 Å². The van der Waals surface area contributed by atoms with E-state index in [0.29, 0.717) is 31.5 Å². The maximum Gasteiger partial charge on any atom is 0.330 e. The quantitative estimate of drug-likeness (QED) is 0.0281. The first-order valence-electron chi connectivity index (χ1n) is 13.2. The van der Waals surface area contributed by atoms with Crippen LogP contribution in [-0.2, 0) is 35.1 Å². The second kappa shape index (κ2) is 26.5. The number of guanidine groups is 1. The lowest BCUT2D eigenvalue weighted by Gasteiger charge is -2.10. The Morgan fingerprint density at radius 2 is 1.51 bits per heavy atom. The average Bonchev–Trinajstić information content (AvgIpc) is 3.47. The molecule has 20 nitrogen and oxygen atoms in total. The van der Waals surface area contributed by atoms with Gasteiger partial charge in [-0.1, -0.05) is 0 Å². The first-order chi connectivity index (χ1) is 20.8. The van der Waals surface area contributed by atoms with Crippen LogP contribution in [-0.4, -0.2) is 121 Å². The Hall–Kier alpha value is -3.86. The predicted molar refractivity (Wildman–Crippen MR) is 166 cm³/mol. The van der Waals surface area contributed by atoms with Crippen molar-refractivity contribution < 1.29 is 49.1 Å². The molecule has 0 fully saturated rings. The summed E-state index contributed by atoms with van der Waals surface area (Å²) < 4.78 is 4.43. The Bertz CT molecular complexity index is 1010. The molecule has 1 aromatic heterocycles. The number of thioether (sulfide) groups is 1.